The standard InChI is InChI=1S/C17H21N3O2S/c21-23(22,16-5-1-3-14-4-2-9-18-17(14)16)19-15-8-10-20(12-15)11-13-6-7-13/h1-5,9,13,15,19H,6-8,10-12H2/t15-/m1/s1. The van der Waals surface area contributed by atoms with Gasteiger partial charge in [-0.05, 0) is 43.9 Å². The summed E-state index contributed by atoms with van der Waals surface area (Å²) in [6.45, 7) is 2.92. The number of pyridine rings is 1. The summed E-state index contributed by atoms with van der Waals surface area (Å²) >= 11 is 0. The van der Waals surface area contributed by atoms with Crippen LogP contribution in [0.5, 0.6) is 0 Å². The van der Waals surface area contributed by atoms with Crippen LogP contribution in [0.1, 0.15) is 19.3 Å². The van der Waals surface area contributed by atoms with Crippen molar-refractivity contribution >= 4 is 20.9 Å². The van der Waals surface area contributed by atoms with Crippen LogP contribution in [0.15, 0.2) is 41.4 Å². The molecule has 1 atom stereocenters. The first-order valence-electron chi connectivity index (χ1n) is 8.20. The minimum Gasteiger partial charge on any atom is -0.301 e. The highest BCUT2D eigenvalue weighted by atomic mass is 32.2. The Balaban J connectivity index is 1.53. The van der Waals surface area contributed by atoms with E-state index in [4.69, 9.17) is 0 Å². The Hall–Kier alpha value is -1.50. The number of sulfonamides is 1. The molecule has 6 heteroatoms. The molecular formula is C17H21N3O2S. The lowest BCUT2D eigenvalue weighted by Crippen LogP contribution is -2.37. The maximum atomic E-state index is 12.8. The molecule has 4 rings (SSSR count). The summed E-state index contributed by atoms with van der Waals surface area (Å²) in [6, 6.07) is 8.99. The molecule has 1 saturated heterocycles. The van der Waals surface area contributed by atoms with Gasteiger partial charge in [0.1, 0.15) is 4.90 Å². The molecule has 2 fully saturated rings. The fraction of sp³-hybridized carbons (Fsp3) is 0.471. The van der Waals surface area contributed by atoms with Gasteiger partial charge in [0.15, 0.2) is 0 Å². The first-order chi connectivity index (χ1) is 11.1. The van der Waals surface area contributed by atoms with Crippen molar-refractivity contribution < 1.29 is 8.42 Å². The highest BCUT2D eigenvalue weighted by Gasteiger charge is 2.31. The predicted molar refractivity (Wildman–Crippen MR) is 89.6 cm³/mol. The van der Waals surface area contributed by atoms with E-state index in [1.54, 1.807) is 18.3 Å². The minimum absolute atomic E-state index is 0.00211. The van der Waals surface area contributed by atoms with E-state index >= 15 is 0 Å². The van der Waals surface area contributed by atoms with Gasteiger partial charge in [-0.1, -0.05) is 18.2 Å². The van der Waals surface area contributed by atoms with E-state index in [1.165, 1.54) is 12.8 Å². The fourth-order valence-electron chi connectivity index (χ4n) is 3.34. The summed E-state index contributed by atoms with van der Waals surface area (Å²) in [6.07, 6.45) is 5.17. The maximum Gasteiger partial charge on any atom is 0.243 e. The number of hydrogen-bond donors (Lipinski definition) is 1. The molecule has 2 aromatic rings. The molecule has 0 radical (unpaired) electrons. The zero-order valence-corrected chi connectivity index (χ0v) is 13.8. The summed E-state index contributed by atoms with van der Waals surface area (Å²) in [7, 11) is -3.55. The van der Waals surface area contributed by atoms with Gasteiger partial charge in [-0.2, -0.15) is 0 Å². The number of rotatable bonds is 5. The van der Waals surface area contributed by atoms with Gasteiger partial charge in [0.25, 0.3) is 0 Å². The van der Waals surface area contributed by atoms with Crippen LogP contribution in [0.2, 0.25) is 0 Å². The van der Waals surface area contributed by atoms with Gasteiger partial charge in [0.2, 0.25) is 10.0 Å². The zero-order valence-electron chi connectivity index (χ0n) is 13.0. The van der Waals surface area contributed by atoms with Crippen molar-refractivity contribution in [1.82, 2.24) is 14.6 Å². The average molecular weight is 331 g/mol. The summed E-state index contributed by atoms with van der Waals surface area (Å²) < 4.78 is 28.4. The number of para-hydroxylation sites is 1. The first kappa shape index (κ1) is 15.1. The third-order valence-corrected chi connectivity index (χ3v) is 6.24. The summed E-state index contributed by atoms with van der Waals surface area (Å²) in [5.41, 5.74) is 0.537. The van der Waals surface area contributed by atoms with E-state index in [1.807, 2.05) is 18.2 Å². The molecule has 0 spiro atoms. The van der Waals surface area contributed by atoms with Crippen molar-refractivity contribution in [3.63, 3.8) is 0 Å². The smallest absolute Gasteiger partial charge is 0.243 e. The molecule has 1 aliphatic carbocycles. The Labute approximate surface area is 136 Å². The van der Waals surface area contributed by atoms with E-state index in [0.717, 1.165) is 37.4 Å². The van der Waals surface area contributed by atoms with Gasteiger partial charge in [-0.15, -0.1) is 0 Å². The number of fused-ring (bicyclic) bond motifs is 1. The molecule has 23 heavy (non-hydrogen) atoms. The fourth-order valence-corrected chi connectivity index (χ4v) is 4.78. The lowest BCUT2D eigenvalue weighted by molar-refractivity contribution is 0.318. The molecule has 5 nitrogen and oxygen atoms in total. The molecule has 0 bridgehead atoms. The second-order valence-corrected chi connectivity index (χ2v) is 8.32. The normalized spacial score (nSPS) is 22.7. The molecule has 1 aromatic carbocycles. The minimum atomic E-state index is -3.55. The van der Waals surface area contributed by atoms with Gasteiger partial charge in [-0.25, -0.2) is 13.1 Å². The molecular weight excluding hydrogens is 310 g/mol. The summed E-state index contributed by atoms with van der Waals surface area (Å²) in [4.78, 5) is 6.91. The molecule has 1 N–H and O–H groups in total. The van der Waals surface area contributed by atoms with Crippen molar-refractivity contribution in [2.24, 2.45) is 5.92 Å². The number of benzene rings is 1. The summed E-state index contributed by atoms with van der Waals surface area (Å²) in [5, 5.41) is 0.845. The number of likely N-dealkylation sites (tertiary alicyclic amines) is 1. The van der Waals surface area contributed by atoms with Crippen LogP contribution in [-0.4, -0.2) is 44.0 Å². The second kappa shape index (κ2) is 5.85. The lowest BCUT2D eigenvalue weighted by atomic mass is 10.2. The molecule has 0 unspecified atom stereocenters. The van der Waals surface area contributed by atoms with Crippen LogP contribution in [0.3, 0.4) is 0 Å². The quantitative estimate of drug-likeness (QED) is 0.910. The Morgan fingerprint density at radius 1 is 1.17 bits per heavy atom. The van der Waals surface area contributed by atoms with E-state index in [2.05, 4.69) is 14.6 Å². The van der Waals surface area contributed by atoms with Crippen LogP contribution in [0.4, 0.5) is 0 Å². The van der Waals surface area contributed by atoms with Crippen LogP contribution < -0.4 is 4.72 Å². The Morgan fingerprint density at radius 2 is 2.00 bits per heavy atom. The molecule has 1 saturated carbocycles. The van der Waals surface area contributed by atoms with Crippen molar-refractivity contribution in [2.45, 2.75) is 30.2 Å². The van der Waals surface area contributed by atoms with Crippen molar-refractivity contribution in [1.29, 1.82) is 0 Å². The first-order valence-corrected chi connectivity index (χ1v) is 9.68. The van der Waals surface area contributed by atoms with Gasteiger partial charge in [-0.3, -0.25) is 4.98 Å². The van der Waals surface area contributed by atoms with Gasteiger partial charge in [0.05, 0.1) is 5.52 Å². The second-order valence-electron chi connectivity index (χ2n) is 6.64. The number of nitrogens with zero attached hydrogens (tertiary/aromatic N) is 2. The molecule has 1 aliphatic heterocycles. The number of hydrogen-bond acceptors (Lipinski definition) is 4. The molecule has 2 heterocycles. The van der Waals surface area contributed by atoms with E-state index in [9.17, 15) is 8.42 Å². The SMILES string of the molecule is O=S(=O)(N[C@@H]1CCN(CC2CC2)C1)c1cccc2cccnc12. The van der Waals surface area contributed by atoms with Crippen molar-refractivity contribution in [2.75, 3.05) is 19.6 Å². The molecule has 0 amide bonds. The monoisotopic (exact) mass is 331 g/mol. The van der Waals surface area contributed by atoms with Gasteiger partial charge < -0.3 is 4.90 Å². The summed E-state index contributed by atoms with van der Waals surface area (Å²) in [5.74, 6) is 0.840. The van der Waals surface area contributed by atoms with Gasteiger partial charge in [0, 0.05) is 30.7 Å². The van der Waals surface area contributed by atoms with E-state index in [0.29, 0.717) is 5.52 Å². The number of nitrogens with one attached hydrogen (secondary N) is 1. The number of aromatic nitrogens is 1. The Morgan fingerprint density at radius 3 is 2.83 bits per heavy atom. The molecule has 2 aliphatic rings. The Bertz CT molecular complexity index is 812. The third kappa shape index (κ3) is 3.24. The van der Waals surface area contributed by atoms with Crippen molar-refractivity contribution in [3.8, 4) is 0 Å². The van der Waals surface area contributed by atoms with Gasteiger partial charge >= 0.3 is 0 Å². The maximum absolute atomic E-state index is 12.8. The van der Waals surface area contributed by atoms with E-state index in [-0.39, 0.29) is 10.9 Å². The molecule has 122 valence electrons. The zero-order chi connectivity index (χ0) is 15.9. The average Bonchev–Trinajstić information content (AvgIpc) is 3.25. The largest absolute Gasteiger partial charge is 0.301 e. The van der Waals surface area contributed by atoms with Crippen LogP contribution >= 0.6 is 0 Å². The Kier molecular flexibility index (Phi) is 3.83. The van der Waals surface area contributed by atoms with Crippen molar-refractivity contribution in [3.05, 3.63) is 36.5 Å². The highest BCUT2D eigenvalue weighted by molar-refractivity contribution is 7.89. The molecule has 1 aromatic heterocycles. The third-order valence-electron chi connectivity index (χ3n) is 4.69. The van der Waals surface area contributed by atoms with Crippen LogP contribution in [0.25, 0.3) is 10.9 Å². The highest BCUT2D eigenvalue weighted by Crippen LogP contribution is 2.31. The van der Waals surface area contributed by atoms with E-state index < -0.39 is 10.0 Å². The lowest BCUT2D eigenvalue weighted by Gasteiger charge is -2.16. The topological polar surface area (TPSA) is 62.3 Å². The van der Waals surface area contributed by atoms with Crippen LogP contribution in [0, 0.1) is 5.92 Å². The van der Waals surface area contributed by atoms with Crippen LogP contribution in [-0.2, 0) is 10.0 Å². The predicted octanol–water partition coefficient (Wildman–Crippen LogP) is 2.00.